The van der Waals surface area contributed by atoms with Crippen molar-refractivity contribution in [2.75, 3.05) is 0 Å². The summed E-state index contributed by atoms with van der Waals surface area (Å²) >= 11 is 3.48. The number of rotatable bonds is 24. The standard InChI is InChI=1S/4C21H23.2C2H6Si.2ClH.2Zr/c4*1-2-3-4-6-10-17-15-19-13-9-14-20(21(19)16-17)18-11-7-5-8-12-18;2*1-3-2;;;;/h4*5,7-9,11-16H,2-4,6,10H2,1H3;2*1-2H3;2*1H;;/q4*-1;;;;;2*+2/p-2. The van der Waals surface area contributed by atoms with Crippen molar-refractivity contribution in [2.24, 2.45) is 0 Å². The van der Waals surface area contributed by atoms with E-state index >= 15 is 0 Å². The number of unbranched alkanes of at least 4 members (excludes halogenated alkanes) is 12. The molecule has 0 aromatic heterocycles. The van der Waals surface area contributed by atoms with Gasteiger partial charge in [-0.05, 0) is 47.9 Å². The van der Waals surface area contributed by atoms with Gasteiger partial charge in [0.2, 0.25) is 0 Å². The summed E-state index contributed by atoms with van der Waals surface area (Å²) in [7, 11) is 0. The second-order valence-corrected chi connectivity index (χ2v) is 44.1. The molecule has 0 aliphatic rings. The second kappa shape index (κ2) is 45.5. The van der Waals surface area contributed by atoms with Crippen LogP contribution in [0.4, 0.5) is 0 Å². The van der Waals surface area contributed by atoms with Crippen LogP contribution >= 0.6 is 0 Å². The molecule has 0 atom stereocenters. The van der Waals surface area contributed by atoms with E-state index in [9.17, 15) is 0 Å². The fraction of sp³-hybridized carbons (Fsp3) is 0.318. The maximum Gasteiger partial charge on any atom is -1.00 e. The average Bonchev–Trinajstić information content (AvgIpc) is 1.69. The first-order valence-electron chi connectivity index (χ1n) is 35.0. The van der Waals surface area contributed by atoms with E-state index in [1.807, 2.05) is 0 Å². The van der Waals surface area contributed by atoms with Gasteiger partial charge in [-0.25, -0.2) is 0 Å². The predicted molar refractivity (Wildman–Crippen MR) is 406 cm³/mol. The van der Waals surface area contributed by atoms with Crippen LogP contribution in [0.1, 0.15) is 153 Å². The maximum absolute atomic E-state index is 2.39. The molecular formula is C88H104Cl2Si2Zr2-2. The minimum Gasteiger partial charge on any atom is -1.00 e. The van der Waals surface area contributed by atoms with E-state index in [0.717, 1.165) is 0 Å². The van der Waals surface area contributed by atoms with Gasteiger partial charge in [0, 0.05) is 0 Å². The Morgan fingerprint density at radius 1 is 0.255 bits per heavy atom. The van der Waals surface area contributed by atoms with Crippen LogP contribution in [0.25, 0.3) is 87.6 Å². The van der Waals surface area contributed by atoms with Crippen LogP contribution in [0.3, 0.4) is 0 Å². The molecule has 0 amide bonds. The Morgan fingerprint density at radius 2 is 0.447 bits per heavy atom. The fourth-order valence-corrected chi connectivity index (χ4v) is 12.3. The van der Waals surface area contributed by atoms with Crippen LogP contribution in [0.15, 0.2) is 243 Å². The molecule has 6 heteroatoms. The molecule has 0 aliphatic heterocycles. The van der Waals surface area contributed by atoms with Gasteiger partial charge in [-0.2, -0.15) is 24.3 Å². The van der Waals surface area contributed by atoms with Crippen molar-refractivity contribution >= 4 is 54.0 Å². The van der Waals surface area contributed by atoms with E-state index < -0.39 is 0 Å². The van der Waals surface area contributed by atoms with Gasteiger partial charge < -0.3 is 24.8 Å². The molecule has 0 N–H and O–H groups in total. The van der Waals surface area contributed by atoms with E-state index in [2.05, 4.69) is 297 Å². The summed E-state index contributed by atoms with van der Waals surface area (Å²) in [5.41, 5.74) is 17.0. The van der Waals surface area contributed by atoms with Gasteiger partial charge in [-0.3, -0.25) is 0 Å². The van der Waals surface area contributed by atoms with Gasteiger partial charge in [0.05, 0.1) is 0 Å². The molecule has 12 aromatic carbocycles. The van der Waals surface area contributed by atoms with Crippen molar-refractivity contribution in [3.05, 3.63) is 265 Å². The summed E-state index contributed by atoms with van der Waals surface area (Å²) in [5, 5.41) is 11.1. The zero-order chi connectivity index (χ0) is 65.1. The molecule has 0 fully saturated rings. The normalized spacial score (nSPS) is 10.5. The molecule has 0 unspecified atom stereocenters. The molecule has 0 nitrogen and oxygen atoms in total. The molecule has 0 bridgehead atoms. The van der Waals surface area contributed by atoms with Gasteiger partial charge in [-0.15, -0.1) is 138 Å². The van der Waals surface area contributed by atoms with Crippen molar-refractivity contribution in [3.8, 4) is 44.5 Å². The number of hydrogen-bond donors (Lipinski definition) is 0. The first-order chi connectivity index (χ1) is 45.0. The summed E-state index contributed by atoms with van der Waals surface area (Å²) in [6.45, 7) is 18.3. The minimum absolute atomic E-state index is 0. The minimum atomic E-state index is 0. The number of benzene rings is 8. The Kier molecular flexibility index (Phi) is 38.5. The van der Waals surface area contributed by atoms with Crippen LogP contribution in [0.5, 0.6) is 0 Å². The Labute approximate surface area is 611 Å². The Bertz CT molecular complexity index is 3500. The number of hydrogen-bond acceptors (Lipinski definition) is 0. The third-order valence-corrected chi connectivity index (χ3v) is 16.9. The smallest absolute Gasteiger partial charge is 1.00 e. The molecule has 0 heterocycles. The zero-order valence-corrected chi connectivity index (χ0v) is 66.4. The summed E-state index contributed by atoms with van der Waals surface area (Å²) in [6.07, 6.45) is 26.1. The SMILES string of the molecule is CCCCCCc1cc2c(-c3ccccc3)cccc2[cH-]1.CCCCCCc1cc2c(-c3ccccc3)cccc2[cH-]1.CCCCCCc1cc2c(-c3ccccc3)cccc2[cH-]1.CCCCCCc1cc2c(-c3ccccc3)cccc2[cH-]1.C[Si](C)=[Zr+2].C[Si](C)=[Zr+2].[Cl-].[Cl-]. The van der Waals surface area contributed by atoms with Gasteiger partial charge >= 0.3 is 83.7 Å². The van der Waals surface area contributed by atoms with Crippen LogP contribution < -0.4 is 24.8 Å². The molecular weight excluding hydrogens is 1370 g/mol. The monoisotopic (exact) mass is 1470 g/mol. The Hall–Kier alpha value is -5.02. The molecule has 0 saturated carbocycles. The molecule has 0 aliphatic carbocycles. The van der Waals surface area contributed by atoms with Gasteiger partial charge in [0.25, 0.3) is 0 Å². The summed E-state index contributed by atoms with van der Waals surface area (Å²) in [5.74, 6) is 0. The van der Waals surface area contributed by atoms with E-state index in [0.29, 0.717) is 0 Å². The number of fused-ring (bicyclic) bond motifs is 4. The summed E-state index contributed by atoms with van der Waals surface area (Å²) in [4.78, 5) is 0. The fourth-order valence-electron chi connectivity index (χ4n) is 12.3. The molecule has 0 radical (unpaired) electrons. The largest absolute Gasteiger partial charge is 1.00 e. The molecule has 0 saturated heterocycles. The van der Waals surface area contributed by atoms with Crippen molar-refractivity contribution in [3.63, 3.8) is 0 Å². The van der Waals surface area contributed by atoms with E-state index in [-0.39, 0.29) is 35.7 Å². The molecule has 488 valence electrons. The molecule has 12 aromatic rings. The first kappa shape index (κ1) is 79.7. The van der Waals surface area contributed by atoms with Crippen LogP contribution in [-0.2, 0) is 72.4 Å². The van der Waals surface area contributed by atoms with Gasteiger partial charge in [0.1, 0.15) is 0 Å². The molecule has 94 heavy (non-hydrogen) atoms. The van der Waals surface area contributed by atoms with Crippen molar-refractivity contribution in [1.82, 2.24) is 0 Å². The summed E-state index contributed by atoms with van der Waals surface area (Å²) < 4.78 is 0. The van der Waals surface area contributed by atoms with Crippen LogP contribution in [-0.4, -0.2) is 10.9 Å². The van der Waals surface area contributed by atoms with Gasteiger partial charge in [-0.1, -0.05) is 298 Å². The Balaban J connectivity index is 0.000000217. The zero-order valence-electron chi connectivity index (χ0n) is 58.0. The van der Waals surface area contributed by atoms with Gasteiger partial charge in [0.15, 0.2) is 0 Å². The van der Waals surface area contributed by atoms with Crippen molar-refractivity contribution in [2.45, 2.75) is 182 Å². The van der Waals surface area contributed by atoms with Crippen molar-refractivity contribution in [1.29, 1.82) is 0 Å². The van der Waals surface area contributed by atoms with E-state index in [4.69, 9.17) is 0 Å². The number of aryl methyl sites for hydroxylation is 4. The molecule has 0 spiro atoms. The molecule has 12 rings (SSSR count). The van der Waals surface area contributed by atoms with Crippen molar-refractivity contribution < 1.29 is 71.5 Å². The van der Waals surface area contributed by atoms with E-state index in [1.54, 1.807) is 46.7 Å². The quantitative estimate of drug-likeness (QED) is 0.0321. The third-order valence-electron chi connectivity index (χ3n) is 16.9. The van der Waals surface area contributed by atoms with E-state index in [1.165, 1.54) is 238 Å². The third kappa shape index (κ3) is 26.8. The summed E-state index contributed by atoms with van der Waals surface area (Å²) in [6, 6.07) is 88.4. The van der Waals surface area contributed by atoms with Crippen LogP contribution in [0, 0.1) is 0 Å². The first-order valence-corrected chi connectivity index (χ1v) is 47.4. The maximum atomic E-state index is 2.39. The second-order valence-electron chi connectivity index (χ2n) is 25.4. The predicted octanol–water partition coefficient (Wildman–Crippen LogP) is 21.0. The topological polar surface area (TPSA) is 0 Å². The number of halogens is 2. The van der Waals surface area contributed by atoms with Crippen LogP contribution in [0.2, 0.25) is 26.2 Å². The Morgan fingerprint density at radius 3 is 0.628 bits per heavy atom. The average molecular weight is 1470 g/mol.